The third-order valence-corrected chi connectivity index (χ3v) is 4.88. The van der Waals surface area contributed by atoms with E-state index < -0.39 is 12.6 Å². The number of alkyl halides is 3. The number of carbonyl (C=O) groups excluding carboxylic acids is 1. The normalized spacial score (nSPS) is 28.7. The van der Waals surface area contributed by atoms with Crippen LogP contribution in [-0.2, 0) is 4.79 Å². The number of nitrogens with one attached hydrogen (secondary N) is 1. The van der Waals surface area contributed by atoms with E-state index in [4.69, 9.17) is 5.73 Å². The third kappa shape index (κ3) is 5.43. The van der Waals surface area contributed by atoms with Crippen LogP contribution in [0.25, 0.3) is 0 Å². The molecule has 1 amide bonds. The van der Waals surface area contributed by atoms with Crippen molar-refractivity contribution in [3.05, 3.63) is 0 Å². The van der Waals surface area contributed by atoms with E-state index in [1.165, 1.54) is 0 Å². The van der Waals surface area contributed by atoms with Crippen molar-refractivity contribution in [3.8, 4) is 0 Å². The Kier molecular flexibility index (Phi) is 6.09. The van der Waals surface area contributed by atoms with Gasteiger partial charge in [-0.3, -0.25) is 4.79 Å². The number of nitrogens with zero attached hydrogens (tertiary/aromatic N) is 1. The Balaban J connectivity index is 1.73. The van der Waals surface area contributed by atoms with Crippen LogP contribution in [0, 0.1) is 5.92 Å². The molecule has 1 aliphatic carbocycles. The van der Waals surface area contributed by atoms with Gasteiger partial charge in [0, 0.05) is 18.6 Å². The molecule has 0 aromatic heterocycles. The summed E-state index contributed by atoms with van der Waals surface area (Å²) in [5, 5.41) is 3.53. The van der Waals surface area contributed by atoms with Gasteiger partial charge >= 0.3 is 6.18 Å². The Morgan fingerprint density at radius 2 is 1.77 bits per heavy atom. The molecule has 3 N–H and O–H groups in total. The molecule has 128 valence electrons. The minimum atomic E-state index is -4.08. The minimum Gasteiger partial charge on any atom is -0.369 e. The molecular weight excluding hydrogens is 295 g/mol. The molecule has 0 unspecified atom stereocenters. The summed E-state index contributed by atoms with van der Waals surface area (Å²) in [6.45, 7) is 1.45. The van der Waals surface area contributed by atoms with Crippen LogP contribution in [0.5, 0.6) is 0 Å². The maximum absolute atomic E-state index is 12.2. The Labute approximate surface area is 129 Å². The first-order valence-electron chi connectivity index (χ1n) is 8.19. The molecule has 2 atom stereocenters. The quantitative estimate of drug-likeness (QED) is 0.815. The summed E-state index contributed by atoms with van der Waals surface area (Å²) in [7, 11) is 0. The Bertz CT molecular complexity index is 368. The second-order valence-electron chi connectivity index (χ2n) is 6.55. The molecule has 2 fully saturated rings. The molecule has 0 bridgehead atoms. The number of piperidine rings is 1. The highest BCUT2D eigenvalue weighted by atomic mass is 19.4. The topological polar surface area (TPSA) is 58.4 Å². The lowest BCUT2D eigenvalue weighted by Gasteiger charge is -2.37. The van der Waals surface area contributed by atoms with E-state index >= 15 is 0 Å². The number of hydrogen-bond acceptors (Lipinski definition) is 3. The molecule has 2 aliphatic rings. The number of likely N-dealkylation sites (tertiary alicyclic amines) is 1. The molecule has 7 heteroatoms. The second-order valence-corrected chi connectivity index (χ2v) is 6.55. The molecule has 1 heterocycles. The van der Waals surface area contributed by atoms with Crippen LogP contribution in [0.1, 0.15) is 44.9 Å². The lowest BCUT2D eigenvalue weighted by molar-refractivity contribution is -0.138. The van der Waals surface area contributed by atoms with E-state index in [2.05, 4.69) is 5.32 Å². The van der Waals surface area contributed by atoms with Gasteiger partial charge < -0.3 is 16.0 Å². The molecular formula is C15H26F3N3O. The largest absolute Gasteiger partial charge is 0.390 e. The maximum atomic E-state index is 12.2. The summed E-state index contributed by atoms with van der Waals surface area (Å²) in [6.07, 6.45) is 0.802. The fraction of sp³-hybridized carbons (Fsp3) is 0.933. The lowest BCUT2D eigenvalue weighted by Crippen LogP contribution is -2.52. The second kappa shape index (κ2) is 7.64. The van der Waals surface area contributed by atoms with Crippen molar-refractivity contribution in [1.82, 2.24) is 10.2 Å². The monoisotopic (exact) mass is 321 g/mol. The van der Waals surface area contributed by atoms with Gasteiger partial charge in [-0.15, -0.1) is 0 Å². The number of primary amides is 1. The van der Waals surface area contributed by atoms with Crippen molar-refractivity contribution in [2.75, 3.05) is 19.6 Å². The molecule has 0 aromatic rings. The summed E-state index contributed by atoms with van der Waals surface area (Å²) >= 11 is 0. The smallest absolute Gasteiger partial charge is 0.369 e. The first-order chi connectivity index (χ1) is 10.3. The molecule has 22 heavy (non-hydrogen) atoms. The first-order valence-corrected chi connectivity index (χ1v) is 8.19. The fourth-order valence-electron chi connectivity index (χ4n) is 3.58. The van der Waals surface area contributed by atoms with Crippen LogP contribution in [0.4, 0.5) is 13.2 Å². The highest BCUT2D eigenvalue weighted by Gasteiger charge is 2.32. The van der Waals surface area contributed by atoms with E-state index in [1.807, 2.05) is 4.90 Å². The van der Waals surface area contributed by atoms with Gasteiger partial charge in [0.25, 0.3) is 0 Å². The van der Waals surface area contributed by atoms with Crippen molar-refractivity contribution < 1.29 is 18.0 Å². The zero-order chi connectivity index (χ0) is 16.2. The van der Waals surface area contributed by atoms with E-state index in [1.54, 1.807) is 0 Å². The number of amides is 1. The highest BCUT2D eigenvalue weighted by molar-refractivity contribution is 5.77. The van der Waals surface area contributed by atoms with Gasteiger partial charge in [-0.25, -0.2) is 0 Å². The molecule has 1 saturated carbocycles. The molecule has 0 radical (unpaired) electrons. The zero-order valence-electron chi connectivity index (χ0n) is 12.9. The Morgan fingerprint density at radius 3 is 2.36 bits per heavy atom. The van der Waals surface area contributed by atoms with Crippen molar-refractivity contribution in [1.29, 1.82) is 0 Å². The van der Waals surface area contributed by atoms with Gasteiger partial charge in [0.05, 0.1) is 12.3 Å². The molecule has 0 spiro atoms. The third-order valence-electron chi connectivity index (χ3n) is 4.88. The number of carbonyl (C=O) groups is 1. The van der Waals surface area contributed by atoms with Gasteiger partial charge in [0.2, 0.25) is 5.91 Å². The average molecular weight is 321 g/mol. The molecule has 4 nitrogen and oxygen atoms in total. The Hall–Kier alpha value is -0.820. The number of hydrogen-bond donors (Lipinski definition) is 2. The van der Waals surface area contributed by atoms with Crippen molar-refractivity contribution >= 4 is 5.91 Å². The predicted octanol–water partition coefficient (Wildman–Crippen LogP) is 2.04. The van der Waals surface area contributed by atoms with E-state index in [0.29, 0.717) is 13.1 Å². The van der Waals surface area contributed by atoms with Crippen molar-refractivity contribution in [2.24, 2.45) is 11.7 Å². The summed E-state index contributed by atoms with van der Waals surface area (Å²) in [5.41, 5.74) is 5.47. The summed E-state index contributed by atoms with van der Waals surface area (Å²) in [5.74, 6) is -0.336. The average Bonchev–Trinajstić information content (AvgIpc) is 2.46. The van der Waals surface area contributed by atoms with E-state index in [-0.39, 0.29) is 30.5 Å². The summed E-state index contributed by atoms with van der Waals surface area (Å²) < 4.78 is 36.7. The van der Waals surface area contributed by atoms with Gasteiger partial charge in [0.15, 0.2) is 0 Å². The van der Waals surface area contributed by atoms with Crippen LogP contribution in [0.3, 0.4) is 0 Å². The standard InChI is InChI=1S/C15H26F3N3O/c16-15(17,18)7-10-21-8-5-11(6-9-21)20-13-4-2-1-3-12(13)14(19)22/h11-13,20H,1-10H2,(H2,19,22)/t12-,13+/m1/s1. The van der Waals surface area contributed by atoms with E-state index in [9.17, 15) is 18.0 Å². The van der Waals surface area contributed by atoms with Gasteiger partial charge in [-0.05, 0) is 38.8 Å². The molecule has 1 saturated heterocycles. The van der Waals surface area contributed by atoms with E-state index in [0.717, 1.165) is 38.5 Å². The van der Waals surface area contributed by atoms with Gasteiger partial charge in [-0.2, -0.15) is 13.2 Å². The lowest BCUT2D eigenvalue weighted by atomic mass is 9.83. The van der Waals surface area contributed by atoms with Crippen molar-refractivity contribution in [2.45, 2.75) is 63.2 Å². The van der Waals surface area contributed by atoms with Crippen LogP contribution in [0.15, 0.2) is 0 Å². The predicted molar refractivity (Wildman–Crippen MR) is 78.2 cm³/mol. The summed E-state index contributed by atoms with van der Waals surface area (Å²) in [6, 6.07) is 0.421. The summed E-state index contributed by atoms with van der Waals surface area (Å²) in [4.78, 5) is 13.4. The van der Waals surface area contributed by atoms with Gasteiger partial charge in [-0.1, -0.05) is 12.8 Å². The van der Waals surface area contributed by atoms with Crippen LogP contribution >= 0.6 is 0 Å². The first kappa shape index (κ1) is 17.5. The maximum Gasteiger partial charge on any atom is 0.390 e. The van der Waals surface area contributed by atoms with Crippen LogP contribution in [0.2, 0.25) is 0 Å². The number of halogens is 3. The number of nitrogens with two attached hydrogens (primary N) is 1. The van der Waals surface area contributed by atoms with Crippen LogP contribution < -0.4 is 11.1 Å². The minimum absolute atomic E-state index is 0.0869. The number of rotatable bonds is 5. The van der Waals surface area contributed by atoms with Gasteiger partial charge in [0.1, 0.15) is 0 Å². The highest BCUT2D eigenvalue weighted by Crippen LogP contribution is 2.26. The molecule has 1 aliphatic heterocycles. The fourth-order valence-corrected chi connectivity index (χ4v) is 3.58. The van der Waals surface area contributed by atoms with Crippen molar-refractivity contribution in [3.63, 3.8) is 0 Å². The van der Waals surface area contributed by atoms with Crippen LogP contribution in [-0.4, -0.2) is 48.7 Å². The Morgan fingerprint density at radius 1 is 1.14 bits per heavy atom. The molecule has 0 aromatic carbocycles. The zero-order valence-corrected chi connectivity index (χ0v) is 12.9. The molecule has 2 rings (SSSR count). The SMILES string of the molecule is NC(=O)[C@@H]1CCCC[C@@H]1NC1CCN(CCC(F)(F)F)CC1.